The fraction of sp³-hybridized carbons (Fsp3) is 0.812. The molecule has 1 atom stereocenters. The van der Waals surface area contributed by atoms with Crippen molar-refractivity contribution in [3.63, 3.8) is 0 Å². The Morgan fingerprint density at radius 3 is 2.32 bits per heavy atom. The van der Waals surface area contributed by atoms with Crippen LogP contribution in [0, 0.1) is 5.92 Å². The molecular weight excluding hydrogens is 240 g/mol. The molecule has 0 aromatic heterocycles. The van der Waals surface area contributed by atoms with Crippen molar-refractivity contribution in [1.29, 1.82) is 0 Å². The van der Waals surface area contributed by atoms with Crippen LogP contribution < -0.4 is 0 Å². The fourth-order valence-electron chi connectivity index (χ4n) is 2.63. The molecule has 0 amide bonds. The van der Waals surface area contributed by atoms with Crippen molar-refractivity contribution in [3.05, 3.63) is 11.6 Å². The average molecular weight is 268 g/mol. The Bertz CT molecular complexity index is 338. The summed E-state index contributed by atoms with van der Waals surface area (Å²) in [6.45, 7) is 13.2. The van der Waals surface area contributed by atoms with Gasteiger partial charge < -0.3 is 9.47 Å². The standard InChI is InChI=1S/C16H28O3/c1-12(2)9-13(3)14(4)19-15(5,6)10-16(7-8-16)18-11-17/h9,11-12,14H,7-8,10H2,1-6H3/b13-9+. The second-order valence-electron chi connectivity index (χ2n) is 6.75. The SMILES string of the molecule is C/C(=C\C(C)C)C(C)OC(C)(C)CC1(OC=O)CC1. The zero-order valence-corrected chi connectivity index (χ0v) is 13.2. The van der Waals surface area contributed by atoms with Crippen LogP contribution in [0.2, 0.25) is 0 Å². The summed E-state index contributed by atoms with van der Waals surface area (Å²) in [5, 5.41) is 0. The Kier molecular flexibility index (Phi) is 5.19. The van der Waals surface area contributed by atoms with Crippen molar-refractivity contribution in [2.45, 2.75) is 78.1 Å². The van der Waals surface area contributed by atoms with Crippen LogP contribution >= 0.6 is 0 Å². The highest BCUT2D eigenvalue weighted by Crippen LogP contribution is 2.46. The highest BCUT2D eigenvalue weighted by Gasteiger charge is 2.49. The summed E-state index contributed by atoms with van der Waals surface area (Å²) in [6.07, 6.45) is 4.99. The highest BCUT2D eigenvalue weighted by molar-refractivity contribution is 5.39. The number of carbonyl (C=O) groups excluding carboxylic acids is 1. The molecule has 0 N–H and O–H groups in total. The van der Waals surface area contributed by atoms with Crippen LogP contribution in [0.25, 0.3) is 0 Å². The normalized spacial score (nSPS) is 20.3. The molecule has 3 heteroatoms. The third-order valence-corrected chi connectivity index (χ3v) is 3.59. The third kappa shape index (κ3) is 5.35. The van der Waals surface area contributed by atoms with Crippen LogP contribution in [-0.2, 0) is 14.3 Å². The Balaban J connectivity index is 2.56. The Morgan fingerprint density at radius 2 is 1.89 bits per heavy atom. The molecule has 0 aromatic rings. The lowest BCUT2D eigenvalue weighted by Gasteiger charge is -2.32. The summed E-state index contributed by atoms with van der Waals surface area (Å²) in [7, 11) is 0. The van der Waals surface area contributed by atoms with E-state index in [2.05, 4.69) is 47.6 Å². The molecule has 0 heterocycles. The highest BCUT2D eigenvalue weighted by atomic mass is 16.6. The van der Waals surface area contributed by atoms with Gasteiger partial charge in [0.2, 0.25) is 0 Å². The molecular formula is C16H28O3. The van der Waals surface area contributed by atoms with E-state index in [-0.39, 0.29) is 17.3 Å². The molecule has 1 aliphatic rings. The fourth-order valence-corrected chi connectivity index (χ4v) is 2.63. The first-order chi connectivity index (χ1) is 8.70. The number of ether oxygens (including phenoxy) is 2. The quantitative estimate of drug-likeness (QED) is 0.495. The smallest absolute Gasteiger partial charge is 0.293 e. The Morgan fingerprint density at radius 1 is 1.32 bits per heavy atom. The molecule has 0 aliphatic heterocycles. The van der Waals surface area contributed by atoms with Crippen molar-refractivity contribution in [2.75, 3.05) is 0 Å². The molecule has 19 heavy (non-hydrogen) atoms. The van der Waals surface area contributed by atoms with Gasteiger partial charge in [0, 0.05) is 6.42 Å². The summed E-state index contributed by atoms with van der Waals surface area (Å²) in [4.78, 5) is 10.5. The van der Waals surface area contributed by atoms with E-state index < -0.39 is 0 Å². The van der Waals surface area contributed by atoms with Crippen LogP contribution in [0.1, 0.15) is 60.8 Å². The summed E-state index contributed by atoms with van der Waals surface area (Å²) in [5.41, 5.74) is 0.704. The van der Waals surface area contributed by atoms with Gasteiger partial charge in [-0.2, -0.15) is 0 Å². The number of rotatable bonds is 8. The molecule has 0 spiro atoms. The van der Waals surface area contributed by atoms with E-state index in [1.807, 2.05) is 0 Å². The molecule has 1 fully saturated rings. The maximum Gasteiger partial charge on any atom is 0.293 e. The van der Waals surface area contributed by atoms with Gasteiger partial charge in [0.05, 0.1) is 11.7 Å². The molecule has 3 nitrogen and oxygen atoms in total. The van der Waals surface area contributed by atoms with Gasteiger partial charge in [0.25, 0.3) is 6.47 Å². The van der Waals surface area contributed by atoms with E-state index in [9.17, 15) is 4.79 Å². The summed E-state index contributed by atoms with van der Waals surface area (Å²) in [6, 6.07) is 0. The van der Waals surface area contributed by atoms with Crippen molar-refractivity contribution in [2.24, 2.45) is 5.92 Å². The van der Waals surface area contributed by atoms with Crippen molar-refractivity contribution >= 4 is 6.47 Å². The number of hydrogen-bond donors (Lipinski definition) is 0. The van der Waals surface area contributed by atoms with Crippen LogP contribution in [-0.4, -0.2) is 23.8 Å². The minimum absolute atomic E-state index is 0.0874. The summed E-state index contributed by atoms with van der Waals surface area (Å²) in [5.74, 6) is 0.530. The predicted octanol–water partition coefficient (Wildman–Crippen LogP) is 3.87. The van der Waals surface area contributed by atoms with Gasteiger partial charge in [-0.1, -0.05) is 19.9 Å². The lowest BCUT2D eigenvalue weighted by molar-refractivity contribution is -0.141. The van der Waals surface area contributed by atoms with Gasteiger partial charge in [-0.3, -0.25) is 4.79 Å². The van der Waals surface area contributed by atoms with E-state index in [1.54, 1.807) is 0 Å². The average Bonchev–Trinajstić information content (AvgIpc) is 2.95. The predicted molar refractivity (Wildman–Crippen MR) is 77.0 cm³/mol. The Labute approximate surface area is 117 Å². The van der Waals surface area contributed by atoms with E-state index >= 15 is 0 Å². The summed E-state index contributed by atoms with van der Waals surface area (Å²) < 4.78 is 11.4. The number of carbonyl (C=O) groups is 1. The van der Waals surface area contributed by atoms with Crippen LogP contribution in [0.15, 0.2) is 11.6 Å². The van der Waals surface area contributed by atoms with Crippen LogP contribution in [0.5, 0.6) is 0 Å². The zero-order chi connectivity index (χ0) is 14.7. The maximum atomic E-state index is 10.5. The second-order valence-corrected chi connectivity index (χ2v) is 6.75. The second kappa shape index (κ2) is 6.08. The number of hydrogen-bond acceptors (Lipinski definition) is 3. The van der Waals surface area contributed by atoms with Gasteiger partial charge >= 0.3 is 0 Å². The Hall–Kier alpha value is -0.830. The minimum Gasteiger partial charge on any atom is -0.461 e. The minimum atomic E-state index is -0.287. The van der Waals surface area contributed by atoms with Crippen molar-refractivity contribution < 1.29 is 14.3 Å². The zero-order valence-electron chi connectivity index (χ0n) is 13.2. The van der Waals surface area contributed by atoms with Crippen LogP contribution in [0.4, 0.5) is 0 Å². The first-order valence-electron chi connectivity index (χ1n) is 7.17. The molecule has 0 radical (unpaired) electrons. The largest absolute Gasteiger partial charge is 0.461 e. The van der Waals surface area contributed by atoms with Gasteiger partial charge in [-0.15, -0.1) is 0 Å². The lowest BCUT2D eigenvalue weighted by Crippen LogP contribution is -2.35. The van der Waals surface area contributed by atoms with Gasteiger partial charge in [-0.25, -0.2) is 0 Å². The molecule has 1 rings (SSSR count). The van der Waals surface area contributed by atoms with Gasteiger partial charge in [0.15, 0.2) is 0 Å². The first kappa shape index (κ1) is 16.2. The molecule has 0 aromatic carbocycles. The van der Waals surface area contributed by atoms with Gasteiger partial charge in [0.1, 0.15) is 5.60 Å². The van der Waals surface area contributed by atoms with Crippen molar-refractivity contribution in [3.8, 4) is 0 Å². The maximum absolute atomic E-state index is 10.5. The monoisotopic (exact) mass is 268 g/mol. The number of allylic oxidation sites excluding steroid dienone is 1. The van der Waals surface area contributed by atoms with E-state index in [1.165, 1.54) is 5.57 Å². The van der Waals surface area contributed by atoms with Crippen molar-refractivity contribution in [1.82, 2.24) is 0 Å². The lowest BCUT2D eigenvalue weighted by atomic mass is 9.97. The molecule has 110 valence electrons. The third-order valence-electron chi connectivity index (χ3n) is 3.59. The van der Waals surface area contributed by atoms with Crippen LogP contribution in [0.3, 0.4) is 0 Å². The van der Waals surface area contributed by atoms with Gasteiger partial charge in [-0.05, 0) is 52.0 Å². The molecule has 0 bridgehead atoms. The van der Waals surface area contributed by atoms with E-state index in [0.717, 1.165) is 19.3 Å². The summed E-state index contributed by atoms with van der Waals surface area (Å²) >= 11 is 0. The van der Waals surface area contributed by atoms with E-state index in [0.29, 0.717) is 12.4 Å². The topological polar surface area (TPSA) is 35.5 Å². The molecule has 0 saturated heterocycles. The first-order valence-corrected chi connectivity index (χ1v) is 7.17. The van der Waals surface area contributed by atoms with E-state index in [4.69, 9.17) is 9.47 Å². The molecule has 1 saturated carbocycles. The molecule has 1 aliphatic carbocycles. The molecule has 1 unspecified atom stereocenters.